The fourth-order valence-electron chi connectivity index (χ4n) is 5.17. The van der Waals surface area contributed by atoms with Crippen LogP contribution in [0.3, 0.4) is 0 Å². The number of carbonyl (C=O) groups is 1. The van der Waals surface area contributed by atoms with Crippen LogP contribution >= 0.6 is 12.2 Å². The van der Waals surface area contributed by atoms with Crippen molar-refractivity contribution in [2.24, 2.45) is 0 Å². The summed E-state index contributed by atoms with van der Waals surface area (Å²) in [4.78, 5) is 23.2. The van der Waals surface area contributed by atoms with Crippen molar-refractivity contribution in [3.05, 3.63) is 101 Å². The van der Waals surface area contributed by atoms with Gasteiger partial charge in [-0.3, -0.25) is 14.8 Å². The number of benzene rings is 1. The first-order valence-corrected chi connectivity index (χ1v) is 12.8. The monoisotopic (exact) mass is 526 g/mol. The molecule has 38 heavy (non-hydrogen) atoms. The molecule has 2 atom stereocenters. The highest BCUT2D eigenvalue weighted by Crippen LogP contribution is 2.44. The fourth-order valence-corrected chi connectivity index (χ4v) is 5.52. The van der Waals surface area contributed by atoms with Gasteiger partial charge in [-0.25, -0.2) is 0 Å². The van der Waals surface area contributed by atoms with E-state index in [9.17, 15) is 4.79 Å². The number of nitrogens with one attached hydrogen (secondary N) is 2. The van der Waals surface area contributed by atoms with Crippen LogP contribution in [0.5, 0.6) is 0 Å². The Hall–Kier alpha value is -4.08. The van der Waals surface area contributed by atoms with Crippen molar-refractivity contribution < 1.29 is 9.53 Å². The van der Waals surface area contributed by atoms with Crippen molar-refractivity contribution in [3.8, 4) is 5.69 Å². The first-order chi connectivity index (χ1) is 18.4. The molecule has 1 fully saturated rings. The molecule has 0 spiro atoms. The van der Waals surface area contributed by atoms with Gasteiger partial charge in [0.1, 0.15) is 6.61 Å². The number of nitrogens with zero attached hydrogens (tertiary/aromatic N) is 4. The Morgan fingerprint density at radius 1 is 1.08 bits per heavy atom. The van der Waals surface area contributed by atoms with Crippen molar-refractivity contribution in [1.82, 2.24) is 19.9 Å². The van der Waals surface area contributed by atoms with Gasteiger partial charge < -0.3 is 24.8 Å². The first-order valence-electron chi connectivity index (χ1n) is 12.4. The van der Waals surface area contributed by atoms with Crippen LogP contribution < -0.4 is 15.5 Å². The number of thiocarbonyl (C=S) groups is 1. The van der Waals surface area contributed by atoms with Crippen LogP contribution in [0.2, 0.25) is 0 Å². The number of hydrogen-bond acceptors (Lipinski definition) is 5. The Labute approximate surface area is 227 Å². The Bertz CT molecular complexity index is 1470. The van der Waals surface area contributed by atoms with Gasteiger partial charge in [0.05, 0.1) is 29.7 Å². The summed E-state index contributed by atoms with van der Waals surface area (Å²) in [6.45, 7) is 6.20. The molecule has 1 saturated heterocycles. The summed E-state index contributed by atoms with van der Waals surface area (Å²) in [5.41, 5.74) is 7.87. The van der Waals surface area contributed by atoms with Gasteiger partial charge in [-0.2, -0.15) is 0 Å². The van der Waals surface area contributed by atoms with E-state index in [-0.39, 0.29) is 24.6 Å². The molecule has 0 aliphatic carbocycles. The summed E-state index contributed by atoms with van der Waals surface area (Å²) in [6, 6.07) is 17.8. The summed E-state index contributed by atoms with van der Waals surface area (Å²) >= 11 is 5.92. The second-order valence-corrected chi connectivity index (χ2v) is 9.74. The highest BCUT2D eigenvalue weighted by molar-refractivity contribution is 7.80. The van der Waals surface area contributed by atoms with Crippen molar-refractivity contribution in [2.45, 2.75) is 32.9 Å². The highest BCUT2D eigenvalue weighted by Gasteiger charge is 2.42. The van der Waals surface area contributed by atoms with Crippen molar-refractivity contribution >= 4 is 34.6 Å². The van der Waals surface area contributed by atoms with E-state index in [1.807, 2.05) is 55.6 Å². The van der Waals surface area contributed by atoms with Crippen LogP contribution in [-0.2, 0) is 9.53 Å². The molecule has 1 aromatic carbocycles. The van der Waals surface area contributed by atoms with Crippen LogP contribution in [0.15, 0.2) is 73.2 Å². The lowest BCUT2D eigenvalue weighted by atomic mass is 9.96. The minimum absolute atomic E-state index is 0.00169. The Morgan fingerprint density at radius 3 is 2.61 bits per heavy atom. The summed E-state index contributed by atoms with van der Waals surface area (Å²) in [5.74, 6) is -0.197. The lowest BCUT2D eigenvalue weighted by Gasteiger charge is -2.29. The lowest BCUT2D eigenvalue weighted by molar-refractivity contribution is -0.119. The van der Waals surface area contributed by atoms with Crippen molar-refractivity contribution in [2.75, 3.05) is 23.9 Å². The van der Waals surface area contributed by atoms with Gasteiger partial charge in [-0.05, 0) is 92.6 Å². The molecule has 4 heterocycles. The van der Waals surface area contributed by atoms with E-state index in [1.54, 1.807) is 12.4 Å². The molecule has 0 unspecified atom stereocenters. The van der Waals surface area contributed by atoms with E-state index < -0.39 is 0 Å². The van der Waals surface area contributed by atoms with Crippen LogP contribution in [0, 0.1) is 20.8 Å². The van der Waals surface area contributed by atoms with Crippen LogP contribution in [-0.4, -0.2) is 39.3 Å². The minimum Gasteiger partial charge on any atom is -0.375 e. The van der Waals surface area contributed by atoms with Crippen molar-refractivity contribution in [1.29, 1.82) is 0 Å². The molecular formula is C29H30N6O2S. The first kappa shape index (κ1) is 25.6. The van der Waals surface area contributed by atoms with Gasteiger partial charge in [-0.1, -0.05) is 6.07 Å². The van der Waals surface area contributed by atoms with E-state index in [1.165, 1.54) is 7.11 Å². The van der Waals surface area contributed by atoms with Crippen LogP contribution in [0.1, 0.15) is 40.3 Å². The van der Waals surface area contributed by atoms with Crippen LogP contribution in [0.4, 0.5) is 11.4 Å². The topological polar surface area (TPSA) is 84.3 Å². The third kappa shape index (κ3) is 4.78. The number of pyridine rings is 2. The Balaban J connectivity index is 1.60. The second kappa shape index (κ2) is 10.7. The average Bonchev–Trinajstić information content (AvgIpc) is 3.41. The quantitative estimate of drug-likeness (QED) is 0.330. The Morgan fingerprint density at radius 2 is 1.92 bits per heavy atom. The lowest BCUT2D eigenvalue weighted by Crippen LogP contribution is -2.29. The molecule has 8 nitrogen and oxygen atoms in total. The molecule has 0 radical (unpaired) electrons. The van der Waals surface area contributed by atoms with Crippen molar-refractivity contribution in [3.63, 3.8) is 0 Å². The molecule has 194 valence electrons. The maximum Gasteiger partial charge on any atom is 0.250 e. The summed E-state index contributed by atoms with van der Waals surface area (Å²) in [5, 5.41) is 7.06. The molecule has 2 N–H and O–H groups in total. The van der Waals surface area contributed by atoms with Gasteiger partial charge in [-0.15, -0.1) is 0 Å². The van der Waals surface area contributed by atoms with Gasteiger partial charge in [0.2, 0.25) is 5.91 Å². The second-order valence-electron chi connectivity index (χ2n) is 9.35. The number of methoxy groups -OCH3 is 1. The zero-order chi connectivity index (χ0) is 26.8. The number of aryl methyl sites for hydroxylation is 2. The zero-order valence-corrected chi connectivity index (χ0v) is 22.6. The number of carbonyl (C=O) groups excluding carboxylic acids is 1. The van der Waals surface area contributed by atoms with Crippen LogP contribution in [0.25, 0.3) is 5.69 Å². The summed E-state index contributed by atoms with van der Waals surface area (Å²) in [7, 11) is 1.50. The number of ether oxygens (including phenoxy) is 1. The molecule has 1 aliphatic heterocycles. The molecule has 0 bridgehead atoms. The zero-order valence-electron chi connectivity index (χ0n) is 21.8. The molecule has 3 aromatic heterocycles. The molecule has 5 rings (SSSR count). The molecule has 9 heteroatoms. The average molecular weight is 527 g/mol. The van der Waals surface area contributed by atoms with Gasteiger partial charge in [0.15, 0.2) is 5.11 Å². The van der Waals surface area contributed by atoms with Gasteiger partial charge in [0, 0.05) is 42.3 Å². The highest BCUT2D eigenvalue weighted by atomic mass is 32.1. The fraction of sp³-hybridized carbons (Fsp3) is 0.241. The maximum absolute atomic E-state index is 12.1. The molecule has 0 saturated carbocycles. The number of rotatable bonds is 7. The van der Waals surface area contributed by atoms with E-state index in [4.69, 9.17) is 17.0 Å². The van der Waals surface area contributed by atoms with Gasteiger partial charge >= 0.3 is 0 Å². The minimum atomic E-state index is -0.197. The summed E-state index contributed by atoms with van der Waals surface area (Å²) in [6.07, 6.45) is 5.45. The number of hydrogen-bond donors (Lipinski definition) is 2. The van der Waals surface area contributed by atoms with E-state index in [2.05, 4.69) is 56.0 Å². The smallest absolute Gasteiger partial charge is 0.250 e. The summed E-state index contributed by atoms with van der Waals surface area (Å²) < 4.78 is 7.17. The number of amides is 1. The molecule has 4 aromatic rings. The molecular weight excluding hydrogens is 496 g/mol. The SMILES string of the molecule is COCC(=O)Nc1ccc(N2C(=S)N[C@@H](c3ccccn3)[C@H]2c2cc(C)n(-c3cccnc3)c2C)cc1C. The molecule has 1 aliphatic rings. The van der Waals surface area contributed by atoms with E-state index in [0.29, 0.717) is 5.11 Å². The molecule has 1 amide bonds. The largest absolute Gasteiger partial charge is 0.375 e. The normalized spacial score (nSPS) is 16.9. The predicted molar refractivity (Wildman–Crippen MR) is 153 cm³/mol. The van der Waals surface area contributed by atoms with Gasteiger partial charge in [0.25, 0.3) is 0 Å². The van der Waals surface area contributed by atoms with E-state index in [0.717, 1.165) is 45.3 Å². The predicted octanol–water partition coefficient (Wildman–Crippen LogP) is 4.95. The number of aromatic nitrogens is 3. The third-order valence-electron chi connectivity index (χ3n) is 6.83. The third-order valence-corrected chi connectivity index (χ3v) is 7.14. The Kier molecular flexibility index (Phi) is 7.22. The number of anilines is 2. The maximum atomic E-state index is 12.1. The standard InChI is InChI=1S/C29H30N6O2S/c1-18-14-21(10-11-24(18)32-26(36)17-37-4)35-28(27(33-29(35)38)25-9-5-6-13-31-25)23-15-19(2)34(20(23)3)22-8-7-12-30-16-22/h5-16,27-28H,17H2,1-4H3,(H,32,36)(H,33,38)/t27-,28+/m0/s1. The van der Waals surface area contributed by atoms with E-state index >= 15 is 0 Å².